The van der Waals surface area contributed by atoms with Gasteiger partial charge in [0.1, 0.15) is 0 Å². The van der Waals surface area contributed by atoms with Crippen LogP contribution in [-0.4, -0.2) is 9.49 Å². The monoisotopic (exact) mass is 234 g/mol. The first-order valence-electron chi connectivity index (χ1n) is 5.10. The van der Waals surface area contributed by atoms with Crippen molar-refractivity contribution >= 4 is 5.69 Å². The van der Waals surface area contributed by atoms with E-state index in [4.69, 9.17) is 0 Å². The summed E-state index contributed by atoms with van der Waals surface area (Å²) in [6.07, 6.45) is 0. The average molecular weight is 234 g/mol. The number of aromatic nitrogens is 1. The van der Waals surface area contributed by atoms with E-state index in [1.54, 1.807) is 4.57 Å². The van der Waals surface area contributed by atoms with E-state index in [0.29, 0.717) is 5.69 Å². The van der Waals surface area contributed by atoms with Gasteiger partial charge in [-0.1, -0.05) is 0 Å². The summed E-state index contributed by atoms with van der Waals surface area (Å²) >= 11 is 0. The largest absolute Gasteiger partial charge is 0.316 e. The SMILES string of the molecule is Cc1ccc(C)n1-c1ccc([N+](=O)[O-])cc1F. The lowest BCUT2D eigenvalue weighted by Crippen LogP contribution is -2.02. The third-order valence-electron chi connectivity index (χ3n) is 2.65. The van der Waals surface area contributed by atoms with Crippen LogP contribution in [0, 0.1) is 29.8 Å². The van der Waals surface area contributed by atoms with Crippen molar-refractivity contribution in [1.29, 1.82) is 0 Å². The lowest BCUT2D eigenvalue weighted by molar-refractivity contribution is -0.385. The van der Waals surface area contributed by atoms with Crippen molar-refractivity contribution in [2.24, 2.45) is 0 Å². The number of hydrogen-bond acceptors (Lipinski definition) is 2. The number of nitro benzene ring substituents is 1. The normalized spacial score (nSPS) is 10.5. The van der Waals surface area contributed by atoms with Gasteiger partial charge in [-0.05, 0) is 32.0 Å². The zero-order valence-electron chi connectivity index (χ0n) is 9.48. The molecule has 4 nitrogen and oxygen atoms in total. The zero-order valence-corrected chi connectivity index (χ0v) is 9.48. The molecule has 0 saturated heterocycles. The van der Waals surface area contributed by atoms with E-state index in [2.05, 4.69) is 0 Å². The van der Waals surface area contributed by atoms with Gasteiger partial charge < -0.3 is 4.57 Å². The maximum atomic E-state index is 13.8. The van der Waals surface area contributed by atoms with Gasteiger partial charge >= 0.3 is 0 Å². The first kappa shape index (κ1) is 11.3. The number of benzene rings is 1. The van der Waals surface area contributed by atoms with Gasteiger partial charge in [-0.3, -0.25) is 10.1 Å². The molecular formula is C12H11FN2O2. The van der Waals surface area contributed by atoms with Crippen LogP contribution in [0.2, 0.25) is 0 Å². The lowest BCUT2D eigenvalue weighted by Gasteiger charge is -2.10. The van der Waals surface area contributed by atoms with Gasteiger partial charge in [0.2, 0.25) is 0 Å². The highest BCUT2D eigenvalue weighted by Gasteiger charge is 2.13. The zero-order chi connectivity index (χ0) is 12.6. The van der Waals surface area contributed by atoms with Crippen molar-refractivity contribution in [2.45, 2.75) is 13.8 Å². The number of hydrogen-bond donors (Lipinski definition) is 0. The Hall–Kier alpha value is -2.17. The van der Waals surface area contributed by atoms with Crippen LogP contribution in [0.25, 0.3) is 5.69 Å². The number of nitro groups is 1. The number of aryl methyl sites for hydroxylation is 2. The quantitative estimate of drug-likeness (QED) is 0.592. The highest BCUT2D eigenvalue weighted by molar-refractivity contribution is 5.45. The van der Waals surface area contributed by atoms with E-state index in [1.165, 1.54) is 12.1 Å². The Morgan fingerprint density at radius 3 is 2.24 bits per heavy atom. The third kappa shape index (κ3) is 1.91. The molecule has 88 valence electrons. The fourth-order valence-electron chi connectivity index (χ4n) is 1.84. The van der Waals surface area contributed by atoms with Crippen molar-refractivity contribution in [2.75, 3.05) is 0 Å². The van der Waals surface area contributed by atoms with Gasteiger partial charge in [0, 0.05) is 17.5 Å². The highest BCUT2D eigenvalue weighted by Crippen LogP contribution is 2.23. The van der Waals surface area contributed by atoms with Crippen molar-refractivity contribution < 1.29 is 9.31 Å². The minimum atomic E-state index is -0.609. The molecule has 1 heterocycles. The van der Waals surface area contributed by atoms with E-state index >= 15 is 0 Å². The lowest BCUT2D eigenvalue weighted by atomic mass is 10.2. The molecule has 0 bridgehead atoms. The van der Waals surface area contributed by atoms with Crippen molar-refractivity contribution in [3.63, 3.8) is 0 Å². The molecule has 0 spiro atoms. The molecule has 0 amide bonds. The summed E-state index contributed by atoms with van der Waals surface area (Å²) in [5.41, 5.74) is 1.86. The molecular weight excluding hydrogens is 223 g/mol. The van der Waals surface area contributed by atoms with Crippen LogP contribution >= 0.6 is 0 Å². The minimum absolute atomic E-state index is 0.242. The molecule has 5 heteroatoms. The standard InChI is InChI=1S/C12H11FN2O2/c1-8-3-4-9(2)14(8)12-6-5-10(15(16)17)7-11(12)13/h3-7H,1-2H3. The molecule has 0 unspecified atom stereocenters. The van der Waals surface area contributed by atoms with E-state index in [1.807, 2.05) is 26.0 Å². The van der Waals surface area contributed by atoms with Crippen LogP contribution in [0.1, 0.15) is 11.4 Å². The first-order chi connectivity index (χ1) is 8.00. The van der Waals surface area contributed by atoms with E-state index in [9.17, 15) is 14.5 Å². The summed E-state index contributed by atoms with van der Waals surface area (Å²) in [5, 5.41) is 10.5. The molecule has 0 radical (unpaired) electrons. The predicted molar refractivity (Wildman–Crippen MR) is 61.9 cm³/mol. The summed E-state index contributed by atoms with van der Waals surface area (Å²) in [5.74, 6) is -0.596. The highest BCUT2D eigenvalue weighted by atomic mass is 19.1. The fourth-order valence-corrected chi connectivity index (χ4v) is 1.84. The second kappa shape index (κ2) is 4.01. The Balaban J connectivity index is 2.58. The molecule has 0 saturated carbocycles. The van der Waals surface area contributed by atoms with E-state index in [0.717, 1.165) is 17.5 Å². The smallest absolute Gasteiger partial charge is 0.272 e. The third-order valence-corrected chi connectivity index (χ3v) is 2.65. The van der Waals surface area contributed by atoms with Gasteiger partial charge in [0.05, 0.1) is 16.7 Å². The van der Waals surface area contributed by atoms with Gasteiger partial charge in [0.25, 0.3) is 5.69 Å². The van der Waals surface area contributed by atoms with E-state index in [-0.39, 0.29) is 5.69 Å². The van der Waals surface area contributed by atoms with Crippen LogP contribution in [0.5, 0.6) is 0 Å². The molecule has 0 aliphatic heterocycles. The average Bonchev–Trinajstić information content (AvgIpc) is 2.59. The maximum Gasteiger partial charge on any atom is 0.272 e. The van der Waals surface area contributed by atoms with Crippen LogP contribution in [0.15, 0.2) is 30.3 Å². The van der Waals surface area contributed by atoms with Gasteiger partial charge in [-0.15, -0.1) is 0 Å². The Bertz CT molecular complexity index is 571. The van der Waals surface area contributed by atoms with Crippen molar-refractivity contribution in [1.82, 2.24) is 4.57 Å². The van der Waals surface area contributed by atoms with Crippen LogP contribution < -0.4 is 0 Å². The molecule has 0 fully saturated rings. The molecule has 17 heavy (non-hydrogen) atoms. The Kier molecular flexibility index (Phi) is 2.67. The molecule has 0 aliphatic carbocycles. The Morgan fingerprint density at radius 1 is 1.18 bits per heavy atom. The second-order valence-electron chi connectivity index (χ2n) is 3.84. The van der Waals surface area contributed by atoms with E-state index < -0.39 is 10.7 Å². The summed E-state index contributed by atoms with van der Waals surface area (Å²) in [6.45, 7) is 3.71. The molecule has 1 aromatic heterocycles. The molecule has 0 atom stereocenters. The summed E-state index contributed by atoms with van der Waals surface area (Å²) in [7, 11) is 0. The molecule has 1 aromatic carbocycles. The summed E-state index contributed by atoms with van der Waals surface area (Å²) in [6, 6.07) is 7.41. The first-order valence-corrected chi connectivity index (χ1v) is 5.10. The fraction of sp³-hybridized carbons (Fsp3) is 0.167. The Labute approximate surface area is 97.5 Å². The summed E-state index contributed by atoms with van der Waals surface area (Å²) < 4.78 is 15.5. The van der Waals surface area contributed by atoms with Gasteiger partial charge in [-0.2, -0.15) is 0 Å². The molecule has 2 aromatic rings. The molecule has 0 N–H and O–H groups in total. The van der Waals surface area contributed by atoms with Crippen LogP contribution in [0.4, 0.5) is 10.1 Å². The van der Waals surface area contributed by atoms with Crippen molar-refractivity contribution in [3.8, 4) is 5.69 Å². The van der Waals surface area contributed by atoms with Crippen molar-refractivity contribution in [3.05, 3.63) is 57.7 Å². The number of rotatable bonds is 2. The Morgan fingerprint density at radius 2 is 1.76 bits per heavy atom. The topological polar surface area (TPSA) is 48.1 Å². The second-order valence-corrected chi connectivity index (χ2v) is 3.84. The predicted octanol–water partition coefficient (Wildman–Crippen LogP) is 3.14. The van der Waals surface area contributed by atoms with Gasteiger partial charge in [-0.25, -0.2) is 4.39 Å². The van der Waals surface area contributed by atoms with Crippen LogP contribution in [0.3, 0.4) is 0 Å². The van der Waals surface area contributed by atoms with Crippen LogP contribution in [-0.2, 0) is 0 Å². The minimum Gasteiger partial charge on any atom is -0.316 e. The van der Waals surface area contributed by atoms with Gasteiger partial charge in [0.15, 0.2) is 5.82 Å². The number of nitrogens with zero attached hydrogens (tertiary/aromatic N) is 2. The number of non-ortho nitro benzene ring substituents is 1. The molecule has 2 rings (SSSR count). The number of halogens is 1. The molecule has 0 aliphatic rings. The maximum absolute atomic E-state index is 13.8. The summed E-state index contributed by atoms with van der Waals surface area (Å²) in [4.78, 5) is 9.91.